The summed E-state index contributed by atoms with van der Waals surface area (Å²) in [7, 11) is 0. The molecule has 0 aromatic carbocycles. The van der Waals surface area contributed by atoms with Crippen LogP contribution in [-0.2, 0) is 0 Å². The van der Waals surface area contributed by atoms with Crippen molar-refractivity contribution in [2.75, 3.05) is 0 Å². The van der Waals surface area contributed by atoms with Crippen LogP contribution in [0.15, 0.2) is 17.4 Å². The molecule has 1 aromatic heterocycles. The smallest absolute Gasteiger partial charge is 0.129 e. The number of nitrogens with zero attached hydrogens (tertiary/aromatic N) is 2. The van der Waals surface area contributed by atoms with Gasteiger partial charge in [-0.25, -0.2) is 0 Å². The van der Waals surface area contributed by atoms with Crippen LogP contribution in [0.2, 0.25) is 0 Å². The molecule has 0 radical (unpaired) electrons. The Morgan fingerprint density at radius 1 is 1.58 bits per heavy atom. The van der Waals surface area contributed by atoms with Gasteiger partial charge in [-0.2, -0.15) is 5.10 Å². The number of nitrogens with one attached hydrogen (secondary N) is 1. The lowest BCUT2D eigenvalue weighted by Gasteiger charge is -2.12. The number of amidine groups is 1. The molecule has 0 unspecified atom stereocenters. The van der Waals surface area contributed by atoms with Crippen LogP contribution in [0, 0.1) is 0 Å². The number of rotatable bonds is 1. The van der Waals surface area contributed by atoms with Gasteiger partial charge >= 0.3 is 0 Å². The monoisotopic (exact) mass is 166 g/mol. The minimum absolute atomic E-state index is 0.138. The van der Waals surface area contributed by atoms with Gasteiger partial charge in [0.1, 0.15) is 5.84 Å². The van der Waals surface area contributed by atoms with Crippen molar-refractivity contribution in [1.29, 1.82) is 0 Å². The maximum absolute atomic E-state index is 5.72. The molecule has 66 valence electrons. The predicted molar refractivity (Wildman–Crippen MR) is 49.1 cm³/mol. The molecule has 1 heterocycles. The molecule has 0 fully saturated rings. The van der Waals surface area contributed by atoms with E-state index in [0.717, 1.165) is 5.56 Å². The van der Waals surface area contributed by atoms with Crippen LogP contribution in [0.5, 0.6) is 0 Å². The number of aliphatic imine (C=N–C) groups is 1. The summed E-state index contributed by atoms with van der Waals surface area (Å²) < 4.78 is 0. The van der Waals surface area contributed by atoms with Gasteiger partial charge in [0.25, 0.3) is 0 Å². The molecule has 1 aromatic rings. The van der Waals surface area contributed by atoms with Gasteiger partial charge in [-0.3, -0.25) is 10.1 Å². The Kier molecular flexibility index (Phi) is 2.17. The zero-order valence-electron chi connectivity index (χ0n) is 7.63. The fraction of sp³-hybridized carbons (Fsp3) is 0.500. The van der Waals surface area contributed by atoms with Crippen molar-refractivity contribution >= 4 is 5.84 Å². The summed E-state index contributed by atoms with van der Waals surface area (Å²) in [6.07, 6.45) is 3.38. The van der Waals surface area contributed by atoms with E-state index in [1.54, 1.807) is 12.4 Å². The summed E-state index contributed by atoms with van der Waals surface area (Å²) in [5, 5.41) is 6.47. The summed E-state index contributed by atoms with van der Waals surface area (Å²) in [6, 6.07) is 0. The second-order valence-electron chi connectivity index (χ2n) is 3.65. The molecule has 12 heavy (non-hydrogen) atoms. The fourth-order valence-corrected chi connectivity index (χ4v) is 0.817. The van der Waals surface area contributed by atoms with Crippen LogP contribution in [-0.4, -0.2) is 21.6 Å². The molecular formula is C8H14N4. The van der Waals surface area contributed by atoms with Crippen LogP contribution in [0.1, 0.15) is 26.3 Å². The number of hydrogen-bond donors (Lipinski definition) is 2. The average molecular weight is 166 g/mol. The second-order valence-corrected chi connectivity index (χ2v) is 3.65. The zero-order valence-corrected chi connectivity index (χ0v) is 7.63. The van der Waals surface area contributed by atoms with Gasteiger partial charge in [0, 0.05) is 6.20 Å². The number of nitrogens with two attached hydrogens (primary N) is 1. The van der Waals surface area contributed by atoms with Gasteiger partial charge in [0.15, 0.2) is 0 Å². The lowest BCUT2D eigenvalue weighted by molar-refractivity contribution is 0.583. The predicted octanol–water partition coefficient (Wildman–Crippen LogP) is 0.913. The third kappa shape index (κ3) is 2.38. The van der Waals surface area contributed by atoms with Crippen LogP contribution in [0.25, 0.3) is 0 Å². The van der Waals surface area contributed by atoms with Crippen molar-refractivity contribution < 1.29 is 0 Å². The highest BCUT2D eigenvalue weighted by molar-refractivity contribution is 5.97. The number of hydrogen-bond acceptors (Lipinski definition) is 2. The maximum Gasteiger partial charge on any atom is 0.129 e. The van der Waals surface area contributed by atoms with Crippen LogP contribution < -0.4 is 5.73 Å². The minimum Gasteiger partial charge on any atom is -0.383 e. The molecule has 0 spiro atoms. The van der Waals surface area contributed by atoms with E-state index in [4.69, 9.17) is 5.73 Å². The third-order valence-corrected chi connectivity index (χ3v) is 1.25. The summed E-state index contributed by atoms with van der Waals surface area (Å²) in [5.74, 6) is 0.524. The number of aromatic amines is 1. The molecule has 0 amide bonds. The molecule has 0 atom stereocenters. The van der Waals surface area contributed by atoms with E-state index in [9.17, 15) is 0 Å². The molecule has 0 aliphatic heterocycles. The minimum atomic E-state index is -0.138. The Balaban J connectivity index is 2.85. The van der Waals surface area contributed by atoms with Gasteiger partial charge in [-0.05, 0) is 20.8 Å². The molecule has 0 aliphatic rings. The molecular weight excluding hydrogens is 152 g/mol. The lowest BCUT2D eigenvalue weighted by atomic mass is 10.1. The Morgan fingerprint density at radius 3 is 2.67 bits per heavy atom. The maximum atomic E-state index is 5.72. The molecule has 1 rings (SSSR count). The van der Waals surface area contributed by atoms with Gasteiger partial charge in [0.2, 0.25) is 0 Å². The highest BCUT2D eigenvalue weighted by Crippen LogP contribution is 2.07. The number of H-pyrrole nitrogens is 1. The van der Waals surface area contributed by atoms with Gasteiger partial charge in [-0.15, -0.1) is 0 Å². The third-order valence-electron chi connectivity index (χ3n) is 1.25. The van der Waals surface area contributed by atoms with Crippen molar-refractivity contribution in [3.8, 4) is 0 Å². The van der Waals surface area contributed by atoms with Crippen LogP contribution in [0.3, 0.4) is 0 Å². The topological polar surface area (TPSA) is 67.1 Å². The van der Waals surface area contributed by atoms with E-state index in [0.29, 0.717) is 5.84 Å². The van der Waals surface area contributed by atoms with Crippen LogP contribution >= 0.6 is 0 Å². The second kappa shape index (κ2) is 2.97. The van der Waals surface area contributed by atoms with Crippen molar-refractivity contribution in [1.82, 2.24) is 10.2 Å². The van der Waals surface area contributed by atoms with Crippen molar-refractivity contribution in [3.63, 3.8) is 0 Å². The Bertz CT molecular complexity index is 266. The zero-order chi connectivity index (χ0) is 9.19. The number of aromatic nitrogens is 2. The highest BCUT2D eigenvalue weighted by Gasteiger charge is 2.09. The SMILES string of the molecule is CC(C)(C)N=C(N)c1cn[nH]c1. The molecule has 0 saturated carbocycles. The van der Waals surface area contributed by atoms with Crippen molar-refractivity contribution in [2.24, 2.45) is 10.7 Å². The Labute approximate surface area is 71.9 Å². The lowest BCUT2D eigenvalue weighted by Crippen LogP contribution is -2.20. The van der Waals surface area contributed by atoms with E-state index in [-0.39, 0.29) is 5.54 Å². The summed E-state index contributed by atoms with van der Waals surface area (Å²) in [5.41, 5.74) is 6.42. The largest absolute Gasteiger partial charge is 0.383 e. The first-order valence-corrected chi connectivity index (χ1v) is 3.83. The standard InChI is InChI=1S/C8H14N4/c1-8(2,3)12-7(9)6-4-10-11-5-6/h4-5H,1-3H3,(H2,9,12)(H,10,11). The van der Waals surface area contributed by atoms with Gasteiger partial charge in [0.05, 0.1) is 17.3 Å². The molecule has 4 nitrogen and oxygen atoms in total. The fourth-order valence-electron chi connectivity index (χ4n) is 0.817. The van der Waals surface area contributed by atoms with Crippen molar-refractivity contribution in [3.05, 3.63) is 18.0 Å². The van der Waals surface area contributed by atoms with E-state index >= 15 is 0 Å². The first kappa shape index (κ1) is 8.77. The summed E-state index contributed by atoms with van der Waals surface area (Å²) in [6.45, 7) is 6.00. The van der Waals surface area contributed by atoms with Gasteiger partial charge < -0.3 is 5.73 Å². The first-order chi connectivity index (χ1) is 5.49. The average Bonchev–Trinajstić information content (AvgIpc) is 2.32. The molecule has 4 heteroatoms. The summed E-state index contributed by atoms with van der Waals surface area (Å²) in [4.78, 5) is 4.29. The van der Waals surface area contributed by atoms with Gasteiger partial charge in [-0.1, -0.05) is 0 Å². The summed E-state index contributed by atoms with van der Waals surface area (Å²) >= 11 is 0. The van der Waals surface area contributed by atoms with Crippen LogP contribution in [0.4, 0.5) is 0 Å². The van der Waals surface area contributed by atoms with Crippen molar-refractivity contribution in [2.45, 2.75) is 26.3 Å². The first-order valence-electron chi connectivity index (χ1n) is 3.83. The normalized spacial score (nSPS) is 13.4. The Morgan fingerprint density at radius 2 is 2.25 bits per heavy atom. The quantitative estimate of drug-likeness (QED) is 0.481. The molecule has 0 aliphatic carbocycles. The molecule has 3 N–H and O–H groups in total. The van der Waals surface area contributed by atoms with E-state index in [1.807, 2.05) is 20.8 Å². The molecule has 0 saturated heterocycles. The van der Waals surface area contributed by atoms with E-state index in [1.165, 1.54) is 0 Å². The van der Waals surface area contributed by atoms with E-state index in [2.05, 4.69) is 15.2 Å². The highest BCUT2D eigenvalue weighted by atomic mass is 15.1. The Hall–Kier alpha value is -1.32. The van der Waals surface area contributed by atoms with E-state index < -0.39 is 0 Å². The molecule has 0 bridgehead atoms.